The lowest BCUT2D eigenvalue weighted by Gasteiger charge is -2.39. The van der Waals surface area contributed by atoms with Gasteiger partial charge in [-0.3, -0.25) is 0 Å². The van der Waals surface area contributed by atoms with E-state index in [-0.39, 0.29) is 48.2 Å². The summed E-state index contributed by atoms with van der Waals surface area (Å²) < 4.78 is 137. The Bertz CT molecular complexity index is 1380. The molecular weight excluding hydrogens is 623 g/mol. The van der Waals surface area contributed by atoms with Crippen LogP contribution >= 0.6 is 0 Å². The van der Waals surface area contributed by atoms with Gasteiger partial charge in [-0.2, -0.15) is 8.78 Å². The molecule has 0 aromatic heterocycles. The van der Waals surface area contributed by atoms with E-state index >= 15 is 0 Å². The molecule has 0 N–H and O–H groups in total. The Morgan fingerprint density at radius 3 is 1.85 bits per heavy atom. The van der Waals surface area contributed by atoms with E-state index in [4.69, 9.17) is 4.74 Å². The van der Waals surface area contributed by atoms with Gasteiger partial charge in [-0.05, 0) is 101 Å². The van der Waals surface area contributed by atoms with Gasteiger partial charge in [0, 0.05) is 29.2 Å². The number of benzene rings is 2. The first-order valence-corrected chi connectivity index (χ1v) is 15.8. The molecule has 3 aliphatic rings. The van der Waals surface area contributed by atoms with Crippen LogP contribution in [0.1, 0.15) is 88.2 Å². The summed E-state index contributed by atoms with van der Waals surface area (Å²) in [5.41, 5.74) is -0.529. The van der Waals surface area contributed by atoms with Crippen LogP contribution in [-0.4, -0.2) is 18.8 Å². The predicted octanol–water partition coefficient (Wildman–Crippen LogP) is 11.1. The van der Waals surface area contributed by atoms with Crippen molar-refractivity contribution in [1.82, 2.24) is 0 Å². The Labute approximate surface area is 262 Å². The molecular formula is C35H37F9O2. The van der Waals surface area contributed by atoms with E-state index in [0.29, 0.717) is 44.4 Å². The van der Waals surface area contributed by atoms with Crippen molar-refractivity contribution < 1.29 is 49.0 Å². The van der Waals surface area contributed by atoms with Crippen molar-refractivity contribution in [2.75, 3.05) is 6.61 Å². The minimum absolute atomic E-state index is 0.0511. The maximum Gasteiger partial charge on any atom is 0.400 e. The van der Waals surface area contributed by atoms with Gasteiger partial charge in [0.1, 0.15) is 23.2 Å². The van der Waals surface area contributed by atoms with Crippen LogP contribution in [-0.2, 0) is 4.74 Å². The van der Waals surface area contributed by atoms with E-state index in [9.17, 15) is 39.5 Å². The molecule has 2 unspecified atom stereocenters. The second-order valence-electron chi connectivity index (χ2n) is 12.9. The molecule has 1 heterocycles. The Morgan fingerprint density at radius 1 is 0.739 bits per heavy atom. The van der Waals surface area contributed by atoms with Crippen molar-refractivity contribution in [3.8, 4) is 5.75 Å². The van der Waals surface area contributed by atoms with Crippen LogP contribution in [0.5, 0.6) is 5.75 Å². The Morgan fingerprint density at radius 2 is 1.30 bits per heavy atom. The zero-order chi connectivity index (χ0) is 33.2. The van der Waals surface area contributed by atoms with Gasteiger partial charge in [0.25, 0.3) is 0 Å². The van der Waals surface area contributed by atoms with Crippen LogP contribution in [0, 0.1) is 52.8 Å². The summed E-state index contributed by atoms with van der Waals surface area (Å²) in [4.78, 5) is 0. The molecule has 0 amide bonds. The number of hydrogen-bond donors (Lipinski definition) is 0. The molecule has 0 bridgehead atoms. The minimum atomic E-state index is -3.66. The van der Waals surface area contributed by atoms with Crippen LogP contribution in [0.15, 0.2) is 42.2 Å². The Kier molecular flexibility index (Phi) is 10.8. The molecule has 252 valence electrons. The Hall–Kier alpha value is -2.95. The first-order valence-electron chi connectivity index (χ1n) is 15.8. The van der Waals surface area contributed by atoms with Gasteiger partial charge < -0.3 is 9.47 Å². The predicted molar refractivity (Wildman–Crippen MR) is 155 cm³/mol. The lowest BCUT2D eigenvalue weighted by molar-refractivity contribution is -0.225. The molecule has 2 saturated carbocycles. The Balaban J connectivity index is 1.05. The highest BCUT2D eigenvalue weighted by molar-refractivity contribution is 5.61. The fraction of sp³-hybridized carbons (Fsp3) is 0.543. The molecule has 1 saturated heterocycles. The number of rotatable bonds is 8. The van der Waals surface area contributed by atoms with Crippen LogP contribution < -0.4 is 4.74 Å². The fourth-order valence-electron chi connectivity index (χ4n) is 7.19. The molecule has 0 radical (unpaired) electrons. The second-order valence-corrected chi connectivity index (χ2v) is 12.9. The third kappa shape index (κ3) is 7.94. The molecule has 11 heteroatoms. The van der Waals surface area contributed by atoms with Gasteiger partial charge in [-0.1, -0.05) is 12.2 Å². The van der Waals surface area contributed by atoms with Crippen molar-refractivity contribution in [1.29, 1.82) is 0 Å². The van der Waals surface area contributed by atoms with E-state index in [0.717, 1.165) is 44.7 Å². The van der Waals surface area contributed by atoms with Crippen molar-refractivity contribution >= 4 is 5.83 Å². The standard InChI is InChI=1S/C35H37F9O2/c1-19(36)33(41)24-14-27(37)32(28(38)15-24)23-7-4-20(5-8-23)2-3-21-6-13-31(45-18-21)22-9-11-25(12-10-22)35(43,44)46-26-16-29(39)34(42)30(40)17-26/h2-3,14-17,20-23,25,31H,4-13,18H2,1H3. The highest BCUT2D eigenvalue weighted by Gasteiger charge is 2.45. The molecule has 2 atom stereocenters. The number of hydrogen-bond acceptors (Lipinski definition) is 2. The zero-order valence-corrected chi connectivity index (χ0v) is 25.4. The normalized spacial score (nSPS) is 28.3. The highest BCUT2D eigenvalue weighted by Crippen LogP contribution is 2.44. The largest absolute Gasteiger partial charge is 0.432 e. The van der Waals surface area contributed by atoms with Crippen molar-refractivity contribution in [2.24, 2.45) is 23.7 Å². The van der Waals surface area contributed by atoms with Gasteiger partial charge in [0.2, 0.25) is 0 Å². The molecule has 46 heavy (non-hydrogen) atoms. The van der Waals surface area contributed by atoms with Crippen LogP contribution in [0.2, 0.25) is 0 Å². The lowest BCUT2D eigenvalue weighted by Crippen LogP contribution is -2.40. The molecule has 2 aromatic rings. The number of alkyl halides is 2. The fourth-order valence-corrected chi connectivity index (χ4v) is 7.19. The lowest BCUT2D eigenvalue weighted by atomic mass is 9.76. The molecule has 0 spiro atoms. The average molecular weight is 661 g/mol. The maximum atomic E-state index is 14.8. The summed E-state index contributed by atoms with van der Waals surface area (Å²) in [6.45, 7) is 1.39. The van der Waals surface area contributed by atoms with Gasteiger partial charge in [0.05, 0.1) is 18.6 Å². The third-order valence-corrected chi connectivity index (χ3v) is 9.80. The third-order valence-electron chi connectivity index (χ3n) is 9.80. The number of halogens is 9. The first kappa shape index (κ1) is 34.4. The molecule has 2 nitrogen and oxygen atoms in total. The zero-order valence-electron chi connectivity index (χ0n) is 25.4. The van der Waals surface area contributed by atoms with E-state index in [1.807, 2.05) is 0 Å². The summed E-state index contributed by atoms with van der Waals surface area (Å²) >= 11 is 0. The number of ether oxygens (including phenoxy) is 2. The molecule has 2 aromatic carbocycles. The topological polar surface area (TPSA) is 18.5 Å². The van der Waals surface area contributed by atoms with Crippen LogP contribution in [0.3, 0.4) is 0 Å². The van der Waals surface area contributed by atoms with Crippen LogP contribution in [0.4, 0.5) is 39.5 Å². The summed E-state index contributed by atoms with van der Waals surface area (Å²) in [6, 6.07) is 2.51. The van der Waals surface area contributed by atoms with Crippen molar-refractivity contribution in [3.05, 3.63) is 82.5 Å². The highest BCUT2D eigenvalue weighted by atomic mass is 19.3. The first-order chi connectivity index (χ1) is 21.8. The molecule has 5 rings (SSSR count). The smallest absolute Gasteiger partial charge is 0.400 e. The van der Waals surface area contributed by atoms with Gasteiger partial charge in [-0.15, -0.1) is 0 Å². The minimum Gasteiger partial charge on any atom is -0.432 e. The summed E-state index contributed by atoms with van der Waals surface area (Å²) in [5, 5.41) is 0. The monoisotopic (exact) mass is 660 g/mol. The summed E-state index contributed by atoms with van der Waals surface area (Å²) in [7, 11) is 0. The van der Waals surface area contributed by atoms with Crippen molar-refractivity contribution in [2.45, 2.75) is 89.3 Å². The van der Waals surface area contributed by atoms with Crippen molar-refractivity contribution in [3.63, 3.8) is 0 Å². The van der Waals surface area contributed by atoms with E-state index in [1.165, 1.54) is 0 Å². The maximum absolute atomic E-state index is 14.8. The van der Waals surface area contributed by atoms with Crippen LogP contribution in [0.25, 0.3) is 5.83 Å². The van der Waals surface area contributed by atoms with E-state index in [1.54, 1.807) is 0 Å². The van der Waals surface area contributed by atoms with E-state index < -0.39 is 64.1 Å². The van der Waals surface area contributed by atoms with Gasteiger partial charge in [0.15, 0.2) is 23.3 Å². The van der Waals surface area contributed by atoms with Gasteiger partial charge in [-0.25, -0.2) is 30.7 Å². The average Bonchev–Trinajstić information content (AvgIpc) is 3.02. The number of allylic oxidation sites excluding steroid dienone is 2. The second kappa shape index (κ2) is 14.4. The van der Waals surface area contributed by atoms with Gasteiger partial charge >= 0.3 is 6.11 Å². The summed E-state index contributed by atoms with van der Waals surface area (Å²) in [5.74, 6) is -10.8. The molecule has 2 aliphatic carbocycles. The quantitative estimate of drug-likeness (QED) is 0.159. The SMILES string of the molecule is CC(F)=C(F)c1cc(F)c(C2CCC(C=CC3CCC(C4CCC(C(F)(F)Oc5cc(F)c(F)c(F)c5)CC4)OC3)CC2)c(F)c1. The molecule has 3 fully saturated rings. The van der Waals surface area contributed by atoms with E-state index in [2.05, 4.69) is 16.9 Å². The molecule has 1 aliphatic heterocycles. The summed E-state index contributed by atoms with van der Waals surface area (Å²) in [6.07, 6.45) is 6.10.